The largest absolute Gasteiger partial charge is 0.418 e. The minimum absolute atomic E-state index is 0.0143. The number of alkyl halides is 3. The maximum Gasteiger partial charge on any atom is 0.418 e. The molecule has 0 aliphatic heterocycles. The molecule has 0 aliphatic rings. The number of benzene rings is 1. The van der Waals surface area contributed by atoms with E-state index in [4.69, 9.17) is 12.2 Å². The molecule has 1 aromatic heterocycles. The third kappa shape index (κ3) is 4.54. The first-order valence-electron chi connectivity index (χ1n) is 5.76. The molecule has 21 heavy (non-hydrogen) atoms. The van der Waals surface area contributed by atoms with Crippen LogP contribution in [0.15, 0.2) is 46.9 Å². The Labute approximate surface area is 128 Å². The molecule has 2 aromatic rings. The number of para-hydroxylation sites is 1. The second-order valence-electron chi connectivity index (χ2n) is 3.88. The van der Waals surface area contributed by atoms with Crippen LogP contribution in [0.25, 0.3) is 0 Å². The number of hydrogen-bond donors (Lipinski definition) is 2. The second-order valence-corrected chi connectivity index (χ2v) is 5.27. The van der Waals surface area contributed by atoms with Gasteiger partial charge in [0.2, 0.25) is 0 Å². The van der Waals surface area contributed by atoms with E-state index in [-0.39, 0.29) is 10.8 Å². The fourth-order valence-electron chi connectivity index (χ4n) is 1.51. The Balaban J connectivity index is 2.00. The normalized spacial score (nSPS) is 11.6. The van der Waals surface area contributed by atoms with Crippen LogP contribution >= 0.6 is 23.6 Å². The Morgan fingerprint density at radius 1 is 1.19 bits per heavy atom. The Kier molecular flexibility index (Phi) is 4.92. The molecule has 110 valence electrons. The van der Waals surface area contributed by atoms with E-state index in [9.17, 15) is 13.2 Å². The lowest BCUT2D eigenvalue weighted by atomic mass is 10.2. The quantitative estimate of drug-likeness (QED) is 0.506. The van der Waals surface area contributed by atoms with Gasteiger partial charge in [-0.2, -0.15) is 18.3 Å². The number of nitrogens with one attached hydrogen (secondary N) is 2. The summed E-state index contributed by atoms with van der Waals surface area (Å²) in [5.41, 5.74) is 1.58. The molecule has 0 unspecified atom stereocenters. The molecule has 0 amide bonds. The van der Waals surface area contributed by atoms with E-state index in [1.807, 2.05) is 17.5 Å². The van der Waals surface area contributed by atoms with E-state index in [2.05, 4.69) is 15.8 Å². The Morgan fingerprint density at radius 3 is 2.62 bits per heavy atom. The summed E-state index contributed by atoms with van der Waals surface area (Å²) in [6, 6.07) is 8.82. The highest BCUT2D eigenvalue weighted by Crippen LogP contribution is 2.34. The number of rotatable bonds is 3. The van der Waals surface area contributed by atoms with Gasteiger partial charge in [0.1, 0.15) is 0 Å². The van der Waals surface area contributed by atoms with Crippen LogP contribution in [0.5, 0.6) is 0 Å². The van der Waals surface area contributed by atoms with E-state index < -0.39 is 11.7 Å². The first-order chi connectivity index (χ1) is 9.97. The molecule has 3 nitrogen and oxygen atoms in total. The van der Waals surface area contributed by atoms with Crippen molar-refractivity contribution in [3.8, 4) is 0 Å². The van der Waals surface area contributed by atoms with Crippen LogP contribution < -0.4 is 10.7 Å². The van der Waals surface area contributed by atoms with Crippen LogP contribution in [-0.2, 0) is 6.18 Å². The lowest BCUT2D eigenvalue weighted by Gasteiger charge is -2.14. The Hall–Kier alpha value is -1.93. The molecular formula is C13H10F3N3S2. The van der Waals surface area contributed by atoms with Crippen LogP contribution in [0.1, 0.15) is 10.4 Å². The van der Waals surface area contributed by atoms with Gasteiger partial charge in [-0.3, -0.25) is 5.43 Å². The van der Waals surface area contributed by atoms with Crippen molar-refractivity contribution in [1.82, 2.24) is 5.43 Å². The molecular weight excluding hydrogens is 319 g/mol. The smallest absolute Gasteiger partial charge is 0.331 e. The van der Waals surface area contributed by atoms with Gasteiger partial charge in [-0.25, -0.2) is 0 Å². The summed E-state index contributed by atoms with van der Waals surface area (Å²) in [7, 11) is 0. The molecule has 2 rings (SSSR count). The van der Waals surface area contributed by atoms with Gasteiger partial charge in [0.15, 0.2) is 5.11 Å². The highest BCUT2D eigenvalue weighted by atomic mass is 32.1. The summed E-state index contributed by atoms with van der Waals surface area (Å²) in [4.78, 5) is 0.904. The first-order valence-corrected chi connectivity index (χ1v) is 7.05. The third-order valence-corrected chi connectivity index (χ3v) is 3.38. The zero-order chi connectivity index (χ0) is 15.3. The van der Waals surface area contributed by atoms with Crippen molar-refractivity contribution >= 4 is 40.6 Å². The minimum atomic E-state index is -4.44. The van der Waals surface area contributed by atoms with E-state index in [1.165, 1.54) is 35.8 Å². The van der Waals surface area contributed by atoms with E-state index in [0.29, 0.717) is 0 Å². The summed E-state index contributed by atoms with van der Waals surface area (Å²) in [6.07, 6.45) is -2.91. The van der Waals surface area contributed by atoms with Crippen LogP contribution in [0, 0.1) is 0 Å². The zero-order valence-corrected chi connectivity index (χ0v) is 12.1. The van der Waals surface area contributed by atoms with Gasteiger partial charge in [0, 0.05) is 4.88 Å². The lowest BCUT2D eigenvalue weighted by Crippen LogP contribution is -2.25. The summed E-state index contributed by atoms with van der Waals surface area (Å²) < 4.78 is 38.4. The number of nitrogens with zero attached hydrogens (tertiary/aromatic N) is 1. The van der Waals surface area contributed by atoms with Crippen molar-refractivity contribution in [2.75, 3.05) is 5.32 Å². The zero-order valence-electron chi connectivity index (χ0n) is 10.5. The topological polar surface area (TPSA) is 36.4 Å². The van der Waals surface area contributed by atoms with Crippen LogP contribution in [0.4, 0.5) is 18.9 Å². The molecule has 1 heterocycles. The van der Waals surface area contributed by atoms with Crippen molar-refractivity contribution in [2.24, 2.45) is 5.10 Å². The first kappa shape index (κ1) is 15.5. The standard InChI is InChI=1S/C13H10F3N3S2/c14-13(15,16)10-5-1-2-6-11(10)18-12(20)19-17-8-9-4-3-7-21-9/h1-8H,(H2,18,19,20)/b17-8+. The summed E-state index contributed by atoms with van der Waals surface area (Å²) in [5.74, 6) is 0. The van der Waals surface area contributed by atoms with Gasteiger partial charge in [-0.05, 0) is 35.8 Å². The maximum atomic E-state index is 12.8. The van der Waals surface area contributed by atoms with Crippen molar-refractivity contribution in [3.63, 3.8) is 0 Å². The molecule has 0 radical (unpaired) electrons. The third-order valence-electron chi connectivity index (χ3n) is 2.38. The maximum absolute atomic E-state index is 12.8. The average molecular weight is 329 g/mol. The molecule has 2 N–H and O–H groups in total. The number of thiophene rings is 1. The molecule has 8 heteroatoms. The highest BCUT2D eigenvalue weighted by Gasteiger charge is 2.33. The van der Waals surface area contributed by atoms with Crippen LogP contribution in [0.2, 0.25) is 0 Å². The molecule has 0 fully saturated rings. The summed E-state index contributed by atoms with van der Waals surface area (Å²) in [5, 5.41) is 8.21. The van der Waals surface area contributed by atoms with Crippen molar-refractivity contribution < 1.29 is 13.2 Å². The number of thiocarbonyl (C=S) groups is 1. The predicted octanol–water partition coefficient (Wildman–Crippen LogP) is 4.09. The Bertz CT molecular complexity index is 636. The van der Waals surface area contributed by atoms with Gasteiger partial charge >= 0.3 is 6.18 Å². The fraction of sp³-hybridized carbons (Fsp3) is 0.0769. The van der Waals surface area contributed by atoms with Crippen LogP contribution in [-0.4, -0.2) is 11.3 Å². The molecule has 0 aliphatic carbocycles. The van der Waals surface area contributed by atoms with Gasteiger partial charge in [-0.15, -0.1) is 11.3 Å². The summed E-state index contributed by atoms with van der Waals surface area (Å²) in [6.45, 7) is 0. The predicted molar refractivity (Wildman–Crippen MR) is 82.7 cm³/mol. The van der Waals surface area contributed by atoms with Crippen LogP contribution in [0.3, 0.4) is 0 Å². The molecule has 1 aromatic carbocycles. The highest BCUT2D eigenvalue weighted by molar-refractivity contribution is 7.80. The molecule has 0 spiro atoms. The van der Waals surface area contributed by atoms with Gasteiger partial charge in [0.25, 0.3) is 0 Å². The second kappa shape index (κ2) is 6.68. The summed E-state index contributed by atoms with van der Waals surface area (Å²) >= 11 is 6.40. The number of hydrazone groups is 1. The Morgan fingerprint density at radius 2 is 1.95 bits per heavy atom. The van der Waals surface area contributed by atoms with E-state index in [0.717, 1.165) is 10.9 Å². The van der Waals surface area contributed by atoms with E-state index in [1.54, 1.807) is 0 Å². The van der Waals surface area contributed by atoms with Crippen molar-refractivity contribution in [3.05, 3.63) is 52.2 Å². The average Bonchev–Trinajstić information content (AvgIpc) is 2.91. The number of anilines is 1. The lowest BCUT2D eigenvalue weighted by molar-refractivity contribution is -0.136. The minimum Gasteiger partial charge on any atom is -0.331 e. The molecule has 0 atom stereocenters. The van der Waals surface area contributed by atoms with Crippen molar-refractivity contribution in [2.45, 2.75) is 6.18 Å². The molecule has 0 saturated carbocycles. The number of halogens is 3. The number of hydrogen-bond acceptors (Lipinski definition) is 3. The SMILES string of the molecule is FC(F)(F)c1ccccc1NC(=S)N/N=C/c1cccs1. The van der Waals surface area contributed by atoms with Gasteiger partial charge < -0.3 is 5.32 Å². The molecule has 0 saturated heterocycles. The van der Waals surface area contributed by atoms with E-state index >= 15 is 0 Å². The van der Waals surface area contributed by atoms with Gasteiger partial charge in [-0.1, -0.05) is 18.2 Å². The molecule has 0 bridgehead atoms. The van der Waals surface area contributed by atoms with Crippen molar-refractivity contribution in [1.29, 1.82) is 0 Å². The monoisotopic (exact) mass is 329 g/mol. The van der Waals surface area contributed by atoms with Gasteiger partial charge in [0.05, 0.1) is 17.5 Å². The fourth-order valence-corrected chi connectivity index (χ4v) is 2.26.